The summed E-state index contributed by atoms with van der Waals surface area (Å²) in [6.45, 7) is 5.98. The van der Waals surface area contributed by atoms with Gasteiger partial charge in [0.2, 0.25) is 10.0 Å². The van der Waals surface area contributed by atoms with Crippen molar-refractivity contribution >= 4 is 16.0 Å². The Morgan fingerprint density at radius 3 is 2.53 bits per heavy atom. The molecule has 1 aromatic carbocycles. The number of nitrogens with one attached hydrogen (secondary N) is 1. The summed E-state index contributed by atoms with van der Waals surface area (Å²) < 4.78 is 26.5. The van der Waals surface area contributed by atoms with E-state index < -0.39 is 16.0 Å². The van der Waals surface area contributed by atoms with Crippen LogP contribution in [0.25, 0.3) is 0 Å². The van der Waals surface area contributed by atoms with E-state index in [9.17, 15) is 13.2 Å². The van der Waals surface area contributed by atoms with Gasteiger partial charge in [0.1, 0.15) is 0 Å². The highest BCUT2D eigenvalue weighted by atomic mass is 32.2. The van der Waals surface area contributed by atoms with Gasteiger partial charge in [0.05, 0.1) is 10.5 Å². The van der Waals surface area contributed by atoms with Gasteiger partial charge < -0.3 is 5.11 Å². The lowest BCUT2D eigenvalue weighted by atomic mass is 10.1. The summed E-state index contributed by atoms with van der Waals surface area (Å²) >= 11 is 0. The molecule has 0 radical (unpaired) electrons. The molecule has 0 aliphatic rings. The first-order valence-corrected chi connectivity index (χ1v) is 7.56. The number of aromatic carboxylic acids is 1. The van der Waals surface area contributed by atoms with E-state index in [0.717, 1.165) is 6.42 Å². The third kappa shape index (κ3) is 4.33. The monoisotopic (exact) mass is 285 g/mol. The van der Waals surface area contributed by atoms with Gasteiger partial charge in [-0.25, -0.2) is 17.9 Å². The van der Waals surface area contributed by atoms with Crippen LogP contribution < -0.4 is 4.72 Å². The standard InChI is InChI=1S/C13H19NO4S/c1-9(2)6-7-14-19(17,18)11-5-4-10(3)12(8-11)13(15)16/h4-5,8-9,14H,6-7H2,1-3H3,(H,15,16). The van der Waals surface area contributed by atoms with Crippen LogP contribution in [-0.4, -0.2) is 26.0 Å². The van der Waals surface area contributed by atoms with Crippen LogP contribution in [0.4, 0.5) is 0 Å². The maximum absolute atomic E-state index is 12.0. The minimum absolute atomic E-state index is 0.00624. The second-order valence-electron chi connectivity index (χ2n) is 4.86. The molecule has 0 aromatic heterocycles. The quantitative estimate of drug-likeness (QED) is 0.837. The minimum atomic E-state index is -3.64. The molecule has 0 aliphatic heterocycles. The normalized spacial score (nSPS) is 11.8. The number of carbonyl (C=O) groups is 1. The number of aryl methyl sites for hydroxylation is 1. The molecule has 19 heavy (non-hydrogen) atoms. The van der Waals surface area contributed by atoms with Gasteiger partial charge in [-0.2, -0.15) is 0 Å². The topological polar surface area (TPSA) is 83.5 Å². The highest BCUT2D eigenvalue weighted by Crippen LogP contribution is 2.15. The van der Waals surface area contributed by atoms with Crippen LogP contribution in [0.5, 0.6) is 0 Å². The average Bonchev–Trinajstić information content (AvgIpc) is 2.27. The molecule has 0 saturated heterocycles. The molecule has 5 nitrogen and oxygen atoms in total. The molecule has 0 heterocycles. The first-order chi connectivity index (χ1) is 8.74. The van der Waals surface area contributed by atoms with Gasteiger partial charge in [-0.15, -0.1) is 0 Å². The van der Waals surface area contributed by atoms with Gasteiger partial charge in [0.15, 0.2) is 0 Å². The fourth-order valence-corrected chi connectivity index (χ4v) is 2.64. The van der Waals surface area contributed by atoms with Crippen molar-refractivity contribution in [2.75, 3.05) is 6.54 Å². The third-order valence-electron chi connectivity index (χ3n) is 2.76. The Labute approximate surface area is 113 Å². The zero-order valence-electron chi connectivity index (χ0n) is 11.3. The van der Waals surface area contributed by atoms with E-state index >= 15 is 0 Å². The Balaban J connectivity index is 2.96. The fourth-order valence-electron chi connectivity index (χ4n) is 1.56. The molecule has 0 aliphatic carbocycles. The molecule has 6 heteroatoms. The first kappa shape index (κ1) is 15.7. The predicted octanol–water partition coefficient (Wildman–Crippen LogP) is 2.02. The molecule has 2 N–H and O–H groups in total. The molecule has 1 aromatic rings. The van der Waals surface area contributed by atoms with Crippen LogP contribution in [0.2, 0.25) is 0 Å². The number of sulfonamides is 1. The van der Waals surface area contributed by atoms with Crippen LogP contribution in [0.3, 0.4) is 0 Å². The molecule has 0 amide bonds. The lowest BCUT2D eigenvalue weighted by Crippen LogP contribution is -2.26. The summed E-state index contributed by atoms with van der Waals surface area (Å²) in [6.07, 6.45) is 0.733. The zero-order chi connectivity index (χ0) is 14.6. The van der Waals surface area contributed by atoms with Crippen molar-refractivity contribution in [3.63, 3.8) is 0 Å². The summed E-state index contributed by atoms with van der Waals surface area (Å²) in [5, 5.41) is 8.99. The Hall–Kier alpha value is -1.40. The molecule has 0 unspecified atom stereocenters. The SMILES string of the molecule is Cc1ccc(S(=O)(=O)NCCC(C)C)cc1C(=O)O. The summed E-state index contributed by atoms with van der Waals surface area (Å²) in [7, 11) is -3.64. The van der Waals surface area contributed by atoms with E-state index in [1.54, 1.807) is 6.92 Å². The van der Waals surface area contributed by atoms with E-state index in [2.05, 4.69) is 4.72 Å². The second kappa shape index (κ2) is 6.16. The van der Waals surface area contributed by atoms with Gasteiger partial charge >= 0.3 is 5.97 Å². The molecule has 0 spiro atoms. The number of hydrogen-bond donors (Lipinski definition) is 2. The Bertz CT molecular complexity index is 564. The summed E-state index contributed by atoms with van der Waals surface area (Å²) in [5.74, 6) is -0.730. The minimum Gasteiger partial charge on any atom is -0.478 e. The van der Waals surface area contributed by atoms with E-state index in [1.807, 2.05) is 13.8 Å². The van der Waals surface area contributed by atoms with Crippen molar-refractivity contribution in [1.82, 2.24) is 4.72 Å². The maximum Gasteiger partial charge on any atom is 0.335 e. The number of benzene rings is 1. The molecular weight excluding hydrogens is 266 g/mol. The van der Waals surface area contributed by atoms with Gasteiger partial charge in [-0.05, 0) is 37.0 Å². The van der Waals surface area contributed by atoms with Crippen molar-refractivity contribution in [2.24, 2.45) is 5.92 Å². The highest BCUT2D eigenvalue weighted by molar-refractivity contribution is 7.89. The summed E-state index contributed by atoms with van der Waals surface area (Å²) in [4.78, 5) is 11.0. The predicted molar refractivity (Wildman–Crippen MR) is 72.8 cm³/mol. The number of carboxylic acid groups (broad SMARTS) is 1. The highest BCUT2D eigenvalue weighted by Gasteiger charge is 2.17. The van der Waals surface area contributed by atoms with Crippen molar-refractivity contribution in [3.8, 4) is 0 Å². The molecular formula is C13H19NO4S. The summed E-state index contributed by atoms with van der Waals surface area (Å²) in [6, 6.07) is 4.11. The largest absolute Gasteiger partial charge is 0.478 e. The van der Waals surface area contributed by atoms with Gasteiger partial charge in [-0.1, -0.05) is 19.9 Å². The van der Waals surface area contributed by atoms with Crippen LogP contribution >= 0.6 is 0 Å². The van der Waals surface area contributed by atoms with Crippen molar-refractivity contribution in [1.29, 1.82) is 0 Å². The Kier molecular flexibility index (Phi) is 5.08. The van der Waals surface area contributed by atoms with Gasteiger partial charge in [-0.3, -0.25) is 0 Å². The van der Waals surface area contributed by atoms with Gasteiger partial charge in [0.25, 0.3) is 0 Å². The van der Waals surface area contributed by atoms with Crippen molar-refractivity contribution in [3.05, 3.63) is 29.3 Å². The van der Waals surface area contributed by atoms with E-state index in [4.69, 9.17) is 5.11 Å². The molecule has 0 atom stereocenters. The van der Waals surface area contributed by atoms with E-state index in [1.165, 1.54) is 18.2 Å². The van der Waals surface area contributed by atoms with Crippen LogP contribution in [0, 0.1) is 12.8 Å². The Morgan fingerprint density at radius 1 is 1.37 bits per heavy atom. The first-order valence-electron chi connectivity index (χ1n) is 6.07. The molecule has 1 rings (SSSR count). The smallest absolute Gasteiger partial charge is 0.335 e. The molecule has 106 valence electrons. The van der Waals surface area contributed by atoms with E-state index in [0.29, 0.717) is 18.0 Å². The van der Waals surface area contributed by atoms with Crippen molar-refractivity contribution < 1.29 is 18.3 Å². The molecule has 0 saturated carbocycles. The third-order valence-corrected chi connectivity index (χ3v) is 4.22. The summed E-state index contributed by atoms with van der Waals surface area (Å²) in [5.41, 5.74) is 0.542. The second-order valence-corrected chi connectivity index (χ2v) is 6.63. The van der Waals surface area contributed by atoms with Crippen LogP contribution in [0.15, 0.2) is 23.1 Å². The number of rotatable bonds is 6. The Morgan fingerprint density at radius 2 is 2.00 bits per heavy atom. The van der Waals surface area contributed by atoms with E-state index in [-0.39, 0.29) is 10.5 Å². The number of carboxylic acids is 1. The number of hydrogen-bond acceptors (Lipinski definition) is 3. The van der Waals surface area contributed by atoms with Crippen LogP contribution in [0.1, 0.15) is 36.2 Å². The zero-order valence-corrected chi connectivity index (χ0v) is 12.1. The average molecular weight is 285 g/mol. The van der Waals surface area contributed by atoms with Crippen molar-refractivity contribution in [2.45, 2.75) is 32.1 Å². The lowest BCUT2D eigenvalue weighted by Gasteiger charge is -2.09. The molecule has 0 fully saturated rings. The lowest BCUT2D eigenvalue weighted by molar-refractivity contribution is 0.0696. The fraction of sp³-hybridized carbons (Fsp3) is 0.462. The maximum atomic E-state index is 12.0. The van der Waals surface area contributed by atoms with Gasteiger partial charge in [0, 0.05) is 6.54 Å². The molecule has 0 bridgehead atoms. The van der Waals surface area contributed by atoms with Crippen LogP contribution in [-0.2, 0) is 10.0 Å².